The standard InChI is InChI=1S/C15H15N5O3S/c1-15(2,3)12-11-10(8-4-5-9(24-8)20(21)22)7(6-16)13(17)23-14(11)19-18-12/h4-5,10H,17H2,1-3H3,(H,18,19). The van der Waals surface area contributed by atoms with Gasteiger partial charge in [0, 0.05) is 22.1 Å². The number of hydrogen-bond acceptors (Lipinski definition) is 7. The van der Waals surface area contributed by atoms with Crippen molar-refractivity contribution in [3.05, 3.63) is 49.8 Å². The molecule has 0 radical (unpaired) electrons. The first-order valence-electron chi connectivity index (χ1n) is 7.14. The number of aromatic nitrogens is 2. The van der Waals surface area contributed by atoms with Crippen LogP contribution in [-0.2, 0) is 5.41 Å². The number of thiophene rings is 1. The fourth-order valence-electron chi connectivity index (χ4n) is 2.70. The summed E-state index contributed by atoms with van der Waals surface area (Å²) in [5, 5.41) is 27.7. The summed E-state index contributed by atoms with van der Waals surface area (Å²) in [5.41, 5.74) is 7.32. The van der Waals surface area contributed by atoms with Crippen LogP contribution in [0.25, 0.3) is 0 Å². The second-order valence-electron chi connectivity index (χ2n) is 6.43. The number of nitrogens with zero attached hydrogens (tertiary/aromatic N) is 3. The van der Waals surface area contributed by atoms with Gasteiger partial charge < -0.3 is 10.5 Å². The zero-order valence-corrected chi connectivity index (χ0v) is 14.1. The van der Waals surface area contributed by atoms with E-state index in [-0.39, 0.29) is 21.9 Å². The summed E-state index contributed by atoms with van der Waals surface area (Å²) < 4.78 is 5.48. The van der Waals surface area contributed by atoms with E-state index in [2.05, 4.69) is 16.3 Å². The van der Waals surface area contributed by atoms with E-state index in [9.17, 15) is 15.4 Å². The van der Waals surface area contributed by atoms with Crippen LogP contribution in [-0.4, -0.2) is 15.1 Å². The molecule has 0 bridgehead atoms. The summed E-state index contributed by atoms with van der Waals surface area (Å²) in [4.78, 5) is 11.2. The first kappa shape index (κ1) is 16.0. The number of nitriles is 1. The molecule has 1 aliphatic rings. The number of hydrogen-bond donors (Lipinski definition) is 2. The molecule has 3 rings (SSSR count). The Morgan fingerprint density at radius 1 is 1.50 bits per heavy atom. The Labute approximate surface area is 141 Å². The van der Waals surface area contributed by atoms with Crippen molar-refractivity contribution in [2.45, 2.75) is 32.1 Å². The minimum atomic E-state index is -0.537. The zero-order chi connectivity index (χ0) is 17.6. The lowest BCUT2D eigenvalue weighted by Gasteiger charge is -2.26. The second kappa shape index (κ2) is 5.35. The summed E-state index contributed by atoms with van der Waals surface area (Å²) in [6.45, 7) is 6.01. The Morgan fingerprint density at radius 3 is 2.75 bits per heavy atom. The summed E-state index contributed by atoms with van der Waals surface area (Å²) >= 11 is 1.02. The van der Waals surface area contributed by atoms with Crippen molar-refractivity contribution in [2.75, 3.05) is 0 Å². The molecule has 0 amide bonds. The van der Waals surface area contributed by atoms with E-state index in [0.29, 0.717) is 16.3 Å². The Kier molecular flexibility index (Phi) is 3.57. The maximum Gasteiger partial charge on any atom is 0.324 e. The van der Waals surface area contributed by atoms with Gasteiger partial charge in [0.1, 0.15) is 11.6 Å². The topological polar surface area (TPSA) is 131 Å². The first-order chi connectivity index (χ1) is 11.2. The fourth-order valence-corrected chi connectivity index (χ4v) is 3.64. The molecule has 0 aliphatic carbocycles. The fraction of sp³-hybridized carbons (Fsp3) is 0.333. The zero-order valence-electron chi connectivity index (χ0n) is 13.3. The normalized spacial score (nSPS) is 17.2. The van der Waals surface area contributed by atoms with Crippen molar-refractivity contribution in [1.82, 2.24) is 10.2 Å². The number of ether oxygens (including phenoxy) is 1. The highest BCUT2D eigenvalue weighted by molar-refractivity contribution is 7.15. The molecule has 24 heavy (non-hydrogen) atoms. The molecule has 0 fully saturated rings. The predicted octanol–water partition coefficient (Wildman–Crippen LogP) is 2.90. The van der Waals surface area contributed by atoms with Gasteiger partial charge >= 0.3 is 5.00 Å². The largest absolute Gasteiger partial charge is 0.420 e. The molecule has 3 heterocycles. The summed E-state index contributed by atoms with van der Waals surface area (Å²) in [5.74, 6) is -0.263. The van der Waals surface area contributed by atoms with Crippen molar-refractivity contribution in [3.63, 3.8) is 0 Å². The molecule has 1 unspecified atom stereocenters. The van der Waals surface area contributed by atoms with Gasteiger partial charge in [-0.15, -0.1) is 5.10 Å². The Bertz CT molecular complexity index is 897. The van der Waals surface area contributed by atoms with E-state index in [1.54, 1.807) is 6.07 Å². The van der Waals surface area contributed by atoms with E-state index in [4.69, 9.17) is 10.5 Å². The maximum atomic E-state index is 11.0. The number of nitrogens with one attached hydrogen (secondary N) is 1. The lowest BCUT2D eigenvalue weighted by atomic mass is 9.81. The van der Waals surface area contributed by atoms with E-state index in [0.717, 1.165) is 17.0 Å². The number of H-pyrrole nitrogens is 1. The highest BCUT2D eigenvalue weighted by atomic mass is 32.1. The molecule has 0 aromatic carbocycles. The third-order valence-corrected chi connectivity index (χ3v) is 4.87. The number of allylic oxidation sites excluding steroid dienone is 1. The molecule has 0 saturated heterocycles. The van der Waals surface area contributed by atoms with Gasteiger partial charge in [0.25, 0.3) is 0 Å². The van der Waals surface area contributed by atoms with Crippen molar-refractivity contribution in [2.24, 2.45) is 5.73 Å². The minimum Gasteiger partial charge on any atom is -0.420 e. The Balaban J connectivity index is 2.24. The van der Waals surface area contributed by atoms with E-state index >= 15 is 0 Å². The van der Waals surface area contributed by atoms with Crippen LogP contribution in [0.5, 0.6) is 5.88 Å². The van der Waals surface area contributed by atoms with Gasteiger partial charge in [0.15, 0.2) is 0 Å². The highest BCUT2D eigenvalue weighted by Crippen LogP contribution is 2.47. The van der Waals surface area contributed by atoms with Gasteiger partial charge in [-0.05, 0) is 6.07 Å². The molecule has 9 heteroatoms. The number of fused-ring (bicyclic) bond motifs is 1. The number of rotatable bonds is 2. The summed E-state index contributed by atoms with van der Waals surface area (Å²) in [7, 11) is 0. The third kappa shape index (κ3) is 2.41. The van der Waals surface area contributed by atoms with Crippen LogP contribution in [0, 0.1) is 21.4 Å². The van der Waals surface area contributed by atoms with Crippen molar-refractivity contribution >= 4 is 16.3 Å². The number of nitrogens with two attached hydrogens (primary N) is 1. The third-order valence-electron chi connectivity index (χ3n) is 3.77. The Morgan fingerprint density at radius 2 is 2.21 bits per heavy atom. The smallest absolute Gasteiger partial charge is 0.324 e. The van der Waals surface area contributed by atoms with Gasteiger partial charge in [-0.1, -0.05) is 32.1 Å². The minimum absolute atomic E-state index is 0.00899. The predicted molar refractivity (Wildman–Crippen MR) is 87.6 cm³/mol. The average molecular weight is 345 g/mol. The SMILES string of the molecule is CC(C)(C)c1[nH]nc2c1C(c1ccc([N+](=O)[O-])s1)C(C#N)=C(N)O2. The second-order valence-corrected chi connectivity index (χ2v) is 7.52. The molecule has 1 aliphatic heterocycles. The van der Waals surface area contributed by atoms with Crippen LogP contribution in [0.4, 0.5) is 5.00 Å². The molecule has 0 saturated carbocycles. The molecule has 1 atom stereocenters. The quantitative estimate of drug-likeness (QED) is 0.635. The molecule has 3 N–H and O–H groups in total. The summed E-state index contributed by atoms with van der Waals surface area (Å²) in [6, 6.07) is 5.15. The monoisotopic (exact) mass is 345 g/mol. The highest BCUT2D eigenvalue weighted by Gasteiger charge is 2.39. The molecule has 8 nitrogen and oxygen atoms in total. The molecule has 2 aromatic rings. The van der Waals surface area contributed by atoms with Crippen LogP contribution in [0.2, 0.25) is 0 Å². The van der Waals surface area contributed by atoms with Gasteiger partial charge in [-0.3, -0.25) is 15.2 Å². The number of aromatic amines is 1. The molecule has 0 spiro atoms. The lowest BCUT2D eigenvalue weighted by Crippen LogP contribution is -2.23. The molecular weight excluding hydrogens is 330 g/mol. The van der Waals surface area contributed by atoms with Crippen LogP contribution in [0.3, 0.4) is 0 Å². The van der Waals surface area contributed by atoms with Gasteiger partial charge in [-0.25, -0.2) is 0 Å². The first-order valence-corrected chi connectivity index (χ1v) is 7.96. The Hall–Kier alpha value is -2.86. The lowest BCUT2D eigenvalue weighted by molar-refractivity contribution is -0.380. The van der Waals surface area contributed by atoms with E-state index in [1.165, 1.54) is 6.07 Å². The van der Waals surface area contributed by atoms with Crippen LogP contribution < -0.4 is 10.5 Å². The number of nitro groups is 1. The van der Waals surface area contributed by atoms with Gasteiger partial charge in [0.2, 0.25) is 11.8 Å². The van der Waals surface area contributed by atoms with Crippen LogP contribution in [0.15, 0.2) is 23.6 Å². The molecule has 124 valence electrons. The van der Waals surface area contributed by atoms with Crippen LogP contribution >= 0.6 is 11.3 Å². The maximum absolute atomic E-state index is 11.0. The summed E-state index contributed by atoms with van der Waals surface area (Å²) in [6.07, 6.45) is 0. The van der Waals surface area contributed by atoms with Crippen molar-refractivity contribution < 1.29 is 9.66 Å². The van der Waals surface area contributed by atoms with Gasteiger partial charge in [0.05, 0.1) is 16.4 Å². The van der Waals surface area contributed by atoms with E-state index in [1.807, 2.05) is 20.8 Å². The van der Waals surface area contributed by atoms with Crippen molar-refractivity contribution in [1.29, 1.82) is 5.26 Å². The van der Waals surface area contributed by atoms with Crippen LogP contribution in [0.1, 0.15) is 42.8 Å². The van der Waals surface area contributed by atoms with E-state index < -0.39 is 10.8 Å². The van der Waals surface area contributed by atoms with Gasteiger partial charge in [-0.2, -0.15) is 5.26 Å². The molecular formula is C15H15N5O3S. The van der Waals surface area contributed by atoms with Crippen molar-refractivity contribution in [3.8, 4) is 11.9 Å². The molecule has 2 aromatic heterocycles. The average Bonchev–Trinajstić information content (AvgIpc) is 3.11.